The van der Waals surface area contributed by atoms with Gasteiger partial charge in [-0.2, -0.15) is 0 Å². The van der Waals surface area contributed by atoms with Gasteiger partial charge in [-0.15, -0.1) is 0 Å². The molecule has 5 rings (SSSR count). The number of nitrogens with zero attached hydrogens (tertiary/aromatic N) is 4. The van der Waals surface area contributed by atoms with Crippen LogP contribution in [0.15, 0.2) is 35.5 Å². The lowest BCUT2D eigenvalue weighted by Gasteiger charge is -2.32. The summed E-state index contributed by atoms with van der Waals surface area (Å²) in [6, 6.07) is 7.03. The molecule has 0 N–H and O–H groups in total. The van der Waals surface area contributed by atoms with Crippen molar-refractivity contribution in [2.24, 2.45) is 5.92 Å². The Morgan fingerprint density at radius 2 is 1.85 bits per heavy atom. The lowest BCUT2D eigenvalue weighted by Crippen LogP contribution is -2.43. The van der Waals surface area contributed by atoms with Crippen LogP contribution in [0.4, 0.5) is 16.3 Å². The first kappa shape index (κ1) is 22.9. The third-order valence-corrected chi connectivity index (χ3v) is 7.95. The average Bonchev–Trinajstić information content (AvgIpc) is 3.58. The van der Waals surface area contributed by atoms with Gasteiger partial charge in [-0.25, -0.2) is 23.2 Å². The third-order valence-electron chi connectivity index (χ3n) is 6.84. The monoisotopic (exact) mass is 486 g/mol. The summed E-state index contributed by atoms with van der Waals surface area (Å²) in [7, 11) is -3.24. The van der Waals surface area contributed by atoms with Gasteiger partial charge in [0, 0.05) is 50.5 Å². The molecule has 1 aromatic carbocycles. The molecule has 1 saturated heterocycles. The third kappa shape index (κ3) is 4.96. The number of amides is 1. The van der Waals surface area contributed by atoms with Crippen molar-refractivity contribution in [1.29, 1.82) is 0 Å². The molecule has 1 atom stereocenters. The Kier molecular flexibility index (Phi) is 6.09. The van der Waals surface area contributed by atoms with Crippen LogP contribution in [0.25, 0.3) is 0 Å². The van der Waals surface area contributed by atoms with Crippen molar-refractivity contribution in [3.8, 4) is 5.88 Å². The highest BCUT2D eigenvalue weighted by atomic mass is 32.2. The minimum Gasteiger partial charge on any atom is -0.474 e. The van der Waals surface area contributed by atoms with E-state index in [2.05, 4.69) is 14.9 Å². The fourth-order valence-electron chi connectivity index (χ4n) is 4.61. The van der Waals surface area contributed by atoms with Crippen LogP contribution in [0.3, 0.4) is 0 Å². The zero-order chi connectivity index (χ0) is 23.9. The topological polar surface area (TPSA) is 102 Å². The van der Waals surface area contributed by atoms with E-state index < -0.39 is 9.84 Å². The number of piperidine rings is 1. The van der Waals surface area contributed by atoms with Gasteiger partial charge in [-0.1, -0.05) is 0 Å². The number of sulfone groups is 1. The molecule has 1 saturated carbocycles. The summed E-state index contributed by atoms with van der Waals surface area (Å²) in [5, 5.41) is 0. The summed E-state index contributed by atoms with van der Waals surface area (Å²) in [5.74, 6) is 1.74. The fraction of sp³-hybridized carbons (Fsp3) is 0.542. The van der Waals surface area contributed by atoms with Gasteiger partial charge in [0.1, 0.15) is 24.4 Å². The molecule has 0 spiro atoms. The van der Waals surface area contributed by atoms with Crippen LogP contribution in [0.1, 0.15) is 38.2 Å². The first-order valence-electron chi connectivity index (χ1n) is 11.8. The number of hydrogen-bond donors (Lipinski definition) is 0. The number of aromatic nitrogens is 2. The van der Waals surface area contributed by atoms with Crippen molar-refractivity contribution in [2.75, 3.05) is 30.8 Å². The molecule has 1 aromatic heterocycles. The maximum atomic E-state index is 12.4. The van der Waals surface area contributed by atoms with Gasteiger partial charge in [-0.05, 0) is 55.9 Å². The van der Waals surface area contributed by atoms with Crippen LogP contribution in [0.2, 0.25) is 0 Å². The zero-order valence-electron chi connectivity index (χ0n) is 19.5. The fourth-order valence-corrected chi connectivity index (χ4v) is 5.28. The zero-order valence-corrected chi connectivity index (χ0v) is 20.3. The minimum absolute atomic E-state index is 0.00501. The van der Waals surface area contributed by atoms with Crippen molar-refractivity contribution in [1.82, 2.24) is 14.9 Å². The highest BCUT2D eigenvalue weighted by Crippen LogP contribution is 2.36. The first-order chi connectivity index (χ1) is 16.3. The molecule has 182 valence electrons. The predicted molar refractivity (Wildman–Crippen MR) is 126 cm³/mol. The van der Waals surface area contributed by atoms with Gasteiger partial charge in [0.2, 0.25) is 5.88 Å². The molecule has 1 aliphatic carbocycles. The smallest absolute Gasteiger partial charge is 0.410 e. The van der Waals surface area contributed by atoms with E-state index >= 15 is 0 Å². The van der Waals surface area contributed by atoms with Crippen molar-refractivity contribution >= 4 is 27.4 Å². The highest BCUT2D eigenvalue weighted by Gasteiger charge is 2.33. The van der Waals surface area contributed by atoms with Crippen LogP contribution in [-0.4, -0.2) is 67.5 Å². The summed E-state index contributed by atoms with van der Waals surface area (Å²) in [6.07, 6.45) is 6.91. The van der Waals surface area contributed by atoms with E-state index in [1.54, 1.807) is 17.0 Å². The molecule has 10 heteroatoms. The van der Waals surface area contributed by atoms with E-state index in [1.807, 2.05) is 19.1 Å². The number of fused-ring (bicyclic) bond motifs is 1. The molecule has 1 unspecified atom stereocenters. The Bertz CT molecular complexity index is 1180. The van der Waals surface area contributed by atoms with Gasteiger partial charge in [0.15, 0.2) is 9.84 Å². The molecule has 3 heterocycles. The van der Waals surface area contributed by atoms with Crippen LogP contribution in [-0.2, 0) is 21.0 Å². The van der Waals surface area contributed by atoms with Gasteiger partial charge in [0.05, 0.1) is 4.90 Å². The number of benzene rings is 1. The maximum absolute atomic E-state index is 12.4. The summed E-state index contributed by atoms with van der Waals surface area (Å²) in [6.45, 7) is 3.88. The molecule has 34 heavy (non-hydrogen) atoms. The Labute approximate surface area is 200 Å². The lowest BCUT2D eigenvalue weighted by molar-refractivity contribution is 0.0402. The minimum atomic E-state index is -3.24. The van der Waals surface area contributed by atoms with Crippen LogP contribution >= 0.6 is 0 Å². The average molecular weight is 487 g/mol. The van der Waals surface area contributed by atoms with E-state index in [-0.39, 0.29) is 18.3 Å². The molecule has 1 amide bonds. The Balaban J connectivity index is 1.19. The second kappa shape index (κ2) is 9.05. The Morgan fingerprint density at radius 3 is 2.56 bits per heavy atom. The number of likely N-dealkylation sites (tertiary alicyclic amines) is 1. The normalized spacial score (nSPS) is 19.6. The molecular weight excluding hydrogens is 456 g/mol. The van der Waals surface area contributed by atoms with E-state index in [4.69, 9.17) is 9.47 Å². The number of anilines is 2. The molecule has 0 bridgehead atoms. The number of rotatable bonds is 6. The SMILES string of the molecule is CC(OC(=O)N1CCC(Oc2cc(N3CCc4cc(S(C)(=O)=O)ccc43)ncn2)CC1)C1CC1. The second-order valence-electron chi connectivity index (χ2n) is 9.41. The predicted octanol–water partition coefficient (Wildman–Crippen LogP) is 3.35. The molecule has 9 nitrogen and oxygen atoms in total. The van der Waals surface area contributed by atoms with Crippen molar-refractivity contribution in [2.45, 2.75) is 56.1 Å². The molecule has 2 fully saturated rings. The molecule has 2 aliphatic heterocycles. The van der Waals surface area contributed by atoms with Crippen molar-refractivity contribution in [3.05, 3.63) is 36.2 Å². The van der Waals surface area contributed by atoms with Crippen molar-refractivity contribution < 1.29 is 22.7 Å². The molecule has 3 aliphatic rings. The number of carbonyl (C=O) groups is 1. The molecule has 0 radical (unpaired) electrons. The van der Waals surface area contributed by atoms with Crippen LogP contribution < -0.4 is 9.64 Å². The van der Waals surface area contributed by atoms with Gasteiger partial charge < -0.3 is 19.3 Å². The second-order valence-corrected chi connectivity index (χ2v) is 11.4. The summed E-state index contributed by atoms with van der Waals surface area (Å²) >= 11 is 0. The highest BCUT2D eigenvalue weighted by molar-refractivity contribution is 7.90. The van der Waals surface area contributed by atoms with Crippen molar-refractivity contribution in [3.63, 3.8) is 0 Å². The van der Waals surface area contributed by atoms with E-state index in [1.165, 1.54) is 12.6 Å². The van der Waals surface area contributed by atoms with E-state index in [9.17, 15) is 13.2 Å². The summed E-state index contributed by atoms with van der Waals surface area (Å²) in [4.78, 5) is 25.2. The number of carbonyl (C=O) groups excluding carboxylic acids is 1. The van der Waals surface area contributed by atoms with Crippen LogP contribution in [0, 0.1) is 5.92 Å². The maximum Gasteiger partial charge on any atom is 0.410 e. The summed E-state index contributed by atoms with van der Waals surface area (Å²) in [5.41, 5.74) is 1.93. The number of ether oxygens (including phenoxy) is 2. The van der Waals surface area contributed by atoms with Crippen LogP contribution in [0.5, 0.6) is 5.88 Å². The van der Waals surface area contributed by atoms with E-state index in [0.717, 1.165) is 30.5 Å². The van der Waals surface area contributed by atoms with Gasteiger partial charge in [-0.3, -0.25) is 0 Å². The largest absolute Gasteiger partial charge is 0.474 e. The quantitative estimate of drug-likeness (QED) is 0.613. The standard InChI is InChI=1S/C24H30N4O5S/c1-16(17-3-4-17)32-24(29)27-10-8-19(9-11-27)33-23-14-22(25-15-26-23)28-12-7-18-13-20(34(2,30)31)5-6-21(18)28/h5-6,13-17,19H,3-4,7-12H2,1-2H3. The van der Waals surface area contributed by atoms with Gasteiger partial charge in [0.25, 0.3) is 0 Å². The van der Waals surface area contributed by atoms with E-state index in [0.29, 0.717) is 55.0 Å². The lowest BCUT2D eigenvalue weighted by atomic mass is 10.1. The Morgan fingerprint density at radius 1 is 1.09 bits per heavy atom. The summed E-state index contributed by atoms with van der Waals surface area (Å²) < 4.78 is 35.5. The first-order valence-corrected chi connectivity index (χ1v) is 13.7. The number of hydrogen-bond acceptors (Lipinski definition) is 8. The molecule has 2 aromatic rings. The van der Waals surface area contributed by atoms with Gasteiger partial charge >= 0.3 is 6.09 Å². The Hall–Kier alpha value is -2.88. The molecular formula is C24H30N4O5S.